The van der Waals surface area contributed by atoms with Crippen molar-refractivity contribution in [3.63, 3.8) is 0 Å². The number of sulfonamides is 1. The average Bonchev–Trinajstić information content (AvgIpc) is 2.78. The summed E-state index contributed by atoms with van der Waals surface area (Å²) in [6, 6.07) is 7.21. The summed E-state index contributed by atoms with van der Waals surface area (Å²) >= 11 is 0. The quantitative estimate of drug-likeness (QED) is 0.778. The highest BCUT2D eigenvalue weighted by Gasteiger charge is 2.33. The molecular weight excluding hydrogens is 416 g/mol. The molecule has 166 valence electrons. The van der Waals surface area contributed by atoms with Crippen molar-refractivity contribution in [3.05, 3.63) is 62.8 Å². The van der Waals surface area contributed by atoms with E-state index in [0.717, 1.165) is 24.8 Å². The molecule has 1 saturated heterocycles. The molecule has 0 bridgehead atoms. The van der Waals surface area contributed by atoms with Crippen LogP contribution in [0.5, 0.6) is 0 Å². The SMILES string of the molecule is CCS(=O)(=O)N1CCc2nc([C@H]3CCCCN3C(=O)c3ccccc3C)[nH]c(=O)c2C1. The van der Waals surface area contributed by atoms with Crippen LogP contribution in [0.2, 0.25) is 0 Å². The van der Waals surface area contributed by atoms with E-state index in [-0.39, 0.29) is 29.8 Å². The van der Waals surface area contributed by atoms with Crippen LogP contribution >= 0.6 is 0 Å². The molecule has 2 aliphatic rings. The first kappa shape index (κ1) is 21.7. The van der Waals surface area contributed by atoms with Crippen LogP contribution in [0.15, 0.2) is 29.1 Å². The molecule has 31 heavy (non-hydrogen) atoms. The second kappa shape index (κ2) is 8.55. The molecule has 2 aromatic rings. The van der Waals surface area contributed by atoms with Crippen LogP contribution in [-0.2, 0) is 23.0 Å². The zero-order valence-corrected chi connectivity index (χ0v) is 18.7. The van der Waals surface area contributed by atoms with E-state index >= 15 is 0 Å². The maximum atomic E-state index is 13.3. The van der Waals surface area contributed by atoms with Gasteiger partial charge in [0.15, 0.2) is 0 Å². The molecule has 1 amide bonds. The van der Waals surface area contributed by atoms with Crippen molar-refractivity contribution in [3.8, 4) is 0 Å². The summed E-state index contributed by atoms with van der Waals surface area (Å²) in [6.45, 7) is 4.49. The largest absolute Gasteiger partial charge is 0.328 e. The fourth-order valence-corrected chi connectivity index (χ4v) is 5.48. The lowest BCUT2D eigenvalue weighted by Crippen LogP contribution is -2.43. The molecule has 0 spiro atoms. The van der Waals surface area contributed by atoms with Crippen LogP contribution < -0.4 is 5.56 Å². The van der Waals surface area contributed by atoms with E-state index in [4.69, 9.17) is 4.98 Å². The van der Waals surface area contributed by atoms with Gasteiger partial charge in [0, 0.05) is 31.6 Å². The van der Waals surface area contributed by atoms with Crippen molar-refractivity contribution < 1.29 is 13.2 Å². The predicted octanol–water partition coefficient (Wildman–Crippen LogP) is 2.15. The average molecular weight is 445 g/mol. The van der Waals surface area contributed by atoms with Gasteiger partial charge in [-0.25, -0.2) is 13.4 Å². The number of nitrogens with one attached hydrogen (secondary N) is 1. The number of piperidine rings is 1. The molecule has 4 rings (SSSR count). The number of carbonyl (C=O) groups is 1. The van der Waals surface area contributed by atoms with Gasteiger partial charge in [-0.1, -0.05) is 18.2 Å². The topological polar surface area (TPSA) is 103 Å². The molecule has 1 fully saturated rings. The minimum Gasteiger partial charge on any atom is -0.328 e. The van der Waals surface area contributed by atoms with Gasteiger partial charge < -0.3 is 9.88 Å². The maximum Gasteiger partial charge on any atom is 0.255 e. The number of H-pyrrole nitrogens is 1. The smallest absolute Gasteiger partial charge is 0.255 e. The van der Waals surface area contributed by atoms with Gasteiger partial charge in [-0.05, 0) is 44.7 Å². The first-order chi connectivity index (χ1) is 14.8. The lowest BCUT2D eigenvalue weighted by molar-refractivity contribution is 0.0598. The Morgan fingerprint density at radius 2 is 2.00 bits per heavy atom. The van der Waals surface area contributed by atoms with Crippen LogP contribution in [0.25, 0.3) is 0 Å². The number of carbonyl (C=O) groups excluding carboxylic acids is 1. The standard InChI is InChI=1S/C22H28N4O4S/c1-3-31(29,30)25-13-11-18-17(14-25)21(27)24-20(23-18)19-10-6-7-12-26(19)22(28)16-9-5-4-8-15(16)2/h4-5,8-9,19H,3,6-7,10-14H2,1-2H3,(H,23,24,27)/t19-/m1/s1. The molecule has 1 aromatic heterocycles. The van der Waals surface area contributed by atoms with Gasteiger partial charge in [0.1, 0.15) is 5.82 Å². The van der Waals surface area contributed by atoms with Crippen molar-refractivity contribution >= 4 is 15.9 Å². The number of amides is 1. The number of hydrogen-bond donors (Lipinski definition) is 1. The van der Waals surface area contributed by atoms with Crippen molar-refractivity contribution in [2.24, 2.45) is 0 Å². The first-order valence-electron chi connectivity index (χ1n) is 10.8. The Morgan fingerprint density at radius 3 is 2.74 bits per heavy atom. The lowest BCUT2D eigenvalue weighted by Gasteiger charge is -2.36. The third-order valence-corrected chi connectivity index (χ3v) is 8.09. The molecule has 2 aliphatic heterocycles. The third kappa shape index (κ3) is 4.16. The first-order valence-corrected chi connectivity index (χ1v) is 12.4. The highest BCUT2D eigenvalue weighted by Crippen LogP contribution is 2.31. The summed E-state index contributed by atoms with van der Waals surface area (Å²) in [7, 11) is -3.37. The Hall–Kier alpha value is -2.52. The second-order valence-electron chi connectivity index (χ2n) is 8.19. The third-order valence-electron chi connectivity index (χ3n) is 6.26. The number of aryl methyl sites for hydroxylation is 1. The van der Waals surface area contributed by atoms with Crippen molar-refractivity contribution in [2.45, 2.75) is 52.1 Å². The van der Waals surface area contributed by atoms with E-state index in [9.17, 15) is 18.0 Å². The van der Waals surface area contributed by atoms with E-state index in [2.05, 4.69) is 4.98 Å². The summed E-state index contributed by atoms with van der Waals surface area (Å²) < 4.78 is 25.8. The minimum atomic E-state index is -3.37. The van der Waals surface area contributed by atoms with Gasteiger partial charge in [0.25, 0.3) is 11.5 Å². The summed E-state index contributed by atoms with van der Waals surface area (Å²) in [6.07, 6.45) is 2.98. The Kier molecular flexibility index (Phi) is 5.98. The molecular formula is C22H28N4O4S. The number of benzene rings is 1. The molecule has 1 atom stereocenters. The van der Waals surface area contributed by atoms with E-state index in [1.807, 2.05) is 36.1 Å². The van der Waals surface area contributed by atoms with Crippen molar-refractivity contribution in [1.82, 2.24) is 19.2 Å². The van der Waals surface area contributed by atoms with E-state index in [1.54, 1.807) is 6.92 Å². The van der Waals surface area contributed by atoms with Crippen LogP contribution in [0.3, 0.4) is 0 Å². The Labute approximate surface area is 182 Å². The summed E-state index contributed by atoms with van der Waals surface area (Å²) in [5.41, 5.74) is 2.30. The number of aromatic amines is 1. The van der Waals surface area contributed by atoms with Crippen molar-refractivity contribution in [2.75, 3.05) is 18.8 Å². The van der Waals surface area contributed by atoms with E-state index in [1.165, 1.54) is 4.31 Å². The van der Waals surface area contributed by atoms with Crippen LogP contribution in [0.1, 0.15) is 65.2 Å². The number of rotatable bonds is 4. The normalized spacial score (nSPS) is 19.8. The Morgan fingerprint density at radius 1 is 1.23 bits per heavy atom. The summed E-state index contributed by atoms with van der Waals surface area (Å²) in [4.78, 5) is 35.6. The van der Waals surface area contributed by atoms with Gasteiger partial charge in [-0.15, -0.1) is 0 Å². The Bertz CT molecular complexity index is 1160. The molecule has 0 saturated carbocycles. The monoisotopic (exact) mass is 444 g/mol. The predicted molar refractivity (Wildman–Crippen MR) is 117 cm³/mol. The van der Waals surface area contributed by atoms with Gasteiger partial charge in [-0.2, -0.15) is 4.31 Å². The van der Waals surface area contributed by atoms with Gasteiger partial charge in [-0.3, -0.25) is 9.59 Å². The minimum absolute atomic E-state index is 0.00377. The molecule has 3 heterocycles. The summed E-state index contributed by atoms with van der Waals surface area (Å²) in [5, 5.41) is 0. The van der Waals surface area contributed by atoms with Gasteiger partial charge >= 0.3 is 0 Å². The zero-order chi connectivity index (χ0) is 22.2. The zero-order valence-electron chi connectivity index (χ0n) is 17.9. The highest BCUT2D eigenvalue weighted by molar-refractivity contribution is 7.89. The molecule has 1 N–H and O–H groups in total. The van der Waals surface area contributed by atoms with Gasteiger partial charge in [0.2, 0.25) is 10.0 Å². The van der Waals surface area contributed by atoms with Crippen molar-refractivity contribution in [1.29, 1.82) is 0 Å². The van der Waals surface area contributed by atoms with Crippen LogP contribution in [0.4, 0.5) is 0 Å². The van der Waals surface area contributed by atoms with Crippen LogP contribution in [0, 0.1) is 6.92 Å². The Balaban J connectivity index is 1.66. The molecule has 8 nitrogen and oxygen atoms in total. The molecule has 0 unspecified atom stereocenters. The second-order valence-corrected chi connectivity index (χ2v) is 10.4. The van der Waals surface area contributed by atoms with Gasteiger partial charge in [0.05, 0.1) is 23.1 Å². The number of nitrogens with zero attached hydrogens (tertiary/aromatic N) is 3. The molecule has 1 aromatic carbocycles. The number of likely N-dealkylation sites (tertiary alicyclic amines) is 1. The lowest BCUT2D eigenvalue weighted by atomic mass is 9.98. The molecule has 0 aliphatic carbocycles. The fourth-order valence-electron chi connectivity index (χ4n) is 4.42. The van der Waals surface area contributed by atoms with E-state index in [0.29, 0.717) is 42.2 Å². The highest BCUT2D eigenvalue weighted by atomic mass is 32.2. The van der Waals surface area contributed by atoms with E-state index < -0.39 is 10.0 Å². The molecule has 9 heteroatoms. The fraction of sp³-hybridized carbons (Fsp3) is 0.500. The number of hydrogen-bond acceptors (Lipinski definition) is 5. The number of aromatic nitrogens is 2. The molecule has 0 radical (unpaired) electrons. The maximum absolute atomic E-state index is 13.3. The van der Waals surface area contributed by atoms with Crippen LogP contribution in [-0.4, -0.2) is 52.3 Å². The summed E-state index contributed by atoms with van der Waals surface area (Å²) in [5.74, 6) is 0.449. The number of fused-ring (bicyclic) bond motifs is 1.